The summed E-state index contributed by atoms with van der Waals surface area (Å²) in [5.74, 6) is 0. The average molecular weight is 201 g/mol. The SMILES string of the molecule is C=CC(Br)Cn1ccnc1. The van der Waals surface area contributed by atoms with Gasteiger partial charge in [0.25, 0.3) is 0 Å². The summed E-state index contributed by atoms with van der Waals surface area (Å²) in [6, 6.07) is 0. The molecule has 0 radical (unpaired) electrons. The Bertz CT molecular complexity index is 193. The Labute approximate surface area is 68.7 Å². The molecule has 0 spiro atoms. The van der Waals surface area contributed by atoms with Gasteiger partial charge in [-0.05, 0) is 0 Å². The van der Waals surface area contributed by atoms with Crippen molar-refractivity contribution in [1.82, 2.24) is 9.55 Å². The van der Waals surface area contributed by atoms with E-state index in [4.69, 9.17) is 0 Å². The lowest BCUT2D eigenvalue weighted by Gasteiger charge is -2.03. The third kappa shape index (κ3) is 1.99. The minimum atomic E-state index is 0.335. The van der Waals surface area contributed by atoms with Crippen LogP contribution >= 0.6 is 15.9 Å². The average Bonchev–Trinajstić information content (AvgIpc) is 2.40. The minimum absolute atomic E-state index is 0.335. The van der Waals surface area contributed by atoms with E-state index in [0.29, 0.717) is 4.83 Å². The molecular formula is C7H9BrN2. The van der Waals surface area contributed by atoms with Gasteiger partial charge in [-0.1, -0.05) is 22.0 Å². The monoisotopic (exact) mass is 200 g/mol. The van der Waals surface area contributed by atoms with E-state index < -0.39 is 0 Å². The molecule has 0 bridgehead atoms. The van der Waals surface area contributed by atoms with Crippen molar-refractivity contribution < 1.29 is 0 Å². The highest BCUT2D eigenvalue weighted by Crippen LogP contribution is 2.03. The largest absolute Gasteiger partial charge is 0.336 e. The van der Waals surface area contributed by atoms with Crippen molar-refractivity contribution in [2.45, 2.75) is 11.4 Å². The highest BCUT2D eigenvalue weighted by molar-refractivity contribution is 9.09. The number of alkyl halides is 1. The van der Waals surface area contributed by atoms with Crippen LogP contribution in [0.5, 0.6) is 0 Å². The van der Waals surface area contributed by atoms with Gasteiger partial charge in [-0.25, -0.2) is 4.98 Å². The van der Waals surface area contributed by atoms with E-state index in [2.05, 4.69) is 27.5 Å². The zero-order valence-electron chi connectivity index (χ0n) is 5.57. The summed E-state index contributed by atoms with van der Waals surface area (Å²) in [7, 11) is 0. The van der Waals surface area contributed by atoms with Gasteiger partial charge in [0.05, 0.1) is 11.2 Å². The van der Waals surface area contributed by atoms with E-state index >= 15 is 0 Å². The molecule has 2 nitrogen and oxygen atoms in total. The van der Waals surface area contributed by atoms with Gasteiger partial charge in [0.15, 0.2) is 0 Å². The molecule has 0 fully saturated rings. The van der Waals surface area contributed by atoms with E-state index in [9.17, 15) is 0 Å². The molecule has 0 N–H and O–H groups in total. The van der Waals surface area contributed by atoms with E-state index in [0.717, 1.165) is 6.54 Å². The van der Waals surface area contributed by atoms with Crippen molar-refractivity contribution in [3.63, 3.8) is 0 Å². The third-order valence-corrected chi connectivity index (χ3v) is 1.86. The summed E-state index contributed by atoms with van der Waals surface area (Å²) >= 11 is 3.43. The lowest BCUT2D eigenvalue weighted by Crippen LogP contribution is -2.04. The summed E-state index contributed by atoms with van der Waals surface area (Å²) in [5.41, 5.74) is 0. The molecule has 1 aromatic rings. The van der Waals surface area contributed by atoms with Gasteiger partial charge in [0, 0.05) is 18.9 Å². The van der Waals surface area contributed by atoms with Crippen molar-refractivity contribution in [2.75, 3.05) is 0 Å². The molecule has 1 aromatic heterocycles. The van der Waals surface area contributed by atoms with E-state index in [1.165, 1.54) is 0 Å². The molecule has 1 heterocycles. The van der Waals surface area contributed by atoms with Crippen LogP contribution in [0.1, 0.15) is 0 Å². The zero-order chi connectivity index (χ0) is 7.40. The fourth-order valence-corrected chi connectivity index (χ4v) is 1.01. The molecule has 54 valence electrons. The predicted molar refractivity (Wildman–Crippen MR) is 45.1 cm³/mol. The number of imidazole rings is 1. The first-order valence-electron chi connectivity index (χ1n) is 3.05. The molecule has 0 aromatic carbocycles. The molecule has 0 aliphatic heterocycles. The van der Waals surface area contributed by atoms with Crippen LogP contribution in [-0.2, 0) is 6.54 Å². The fourth-order valence-electron chi connectivity index (χ4n) is 0.671. The van der Waals surface area contributed by atoms with Crippen LogP contribution in [-0.4, -0.2) is 14.4 Å². The van der Waals surface area contributed by atoms with Gasteiger partial charge in [-0.15, -0.1) is 6.58 Å². The van der Waals surface area contributed by atoms with Crippen LogP contribution in [0.15, 0.2) is 31.4 Å². The lowest BCUT2D eigenvalue weighted by atomic mass is 10.4. The summed E-state index contributed by atoms with van der Waals surface area (Å²) in [6.45, 7) is 4.55. The van der Waals surface area contributed by atoms with Crippen LogP contribution < -0.4 is 0 Å². The van der Waals surface area contributed by atoms with Gasteiger partial charge in [0.2, 0.25) is 0 Å². The number of nitrogens with zero attached hydrogens (tertiary/aromatic N) is 2. The number of allylic oxidation sites excluding steroid dienone is 1. The smallest absolute Gasteiger partial charge is 0.0946 e. The fraction of sp³-hybridized carbons (Fsp3) is 0.286. The second kappa shape index (κ2) is 3.56. The number of hydrogen-bond acceptors (Lipinski definition) is 1. The first-order valence-corrected chi connectivity index (χ1v) is 3.97. The summed E-state index contributed by atoms with van der Waals surface area (Å²) in [6.07, 6.45) is 7.35. The highest BCUT2D eigenvalue weighted by atomic mass is 79.9. The minimum Gasteiger partial charge on any atom is -0.336 e. The first kappa shape index (κ1) is 7.54. The first-order chi connectivity index (χ1) is 4.83. The normalized spacial score (nSPS) is 12.9. The number of aromatic nitrogens is 2. The van der Waals surface area contributed by atoms with Crippen LogP contribution in [0, 0.1) is 0 Å². The molecule has 1 rings (SSSR count). The van der Waals surface area contributed by atoms with Crippen molar-refractivity contribution >= 4 is 15.9 Å². The number of halogens is 1. The lowest BCUT2D eigenvalue weighted by molar-refractivity contribution is 0.726. The van der Waals surface area contributed by atoms with Crippen LogP contribution in [0.3, 0.4) is 0 Å². The maximum atomic E-state index is 3.92. The molecule has 0 aliphatic rings. The summed E-state index contributed by atoms with van der Waals surface area (Å²) in [4.78, 5) is 4.25. The Kier molecular flexibility index (Phi) is 2.68. The molecule has 0 amide bonds. The van der Waals surface area contributed by atoms with Crippen LogP contribution in [0.2, 0.25) is 0 Å². The molecule has 3 heteroatoms. The Morgan fingerprint density at radius 3 is 3.10 bits per heavy atom. The Morgan fingerprint density at radius 1 is 1.80 bits per heavy atom. The van der Waals surface area contributed by atoms with Gasteiger partial charge in [-0.3, -0.25) is 0 Å². The number of hydrogen-bond donors (Lipinski definition) is 0. The molecule has 0 saturated carbocycles. The van der Waals surface area contributed by atoms with Crippen LogP contribution in [0.4, 0.5) is 0 Å². The van der Waals surface area contributed by atoms with Crippen molar-refractivity contribution in [3.8, 4) is 0 Å². The quantitative estimate of drug-likeness (QED) is 0.538. The van der Waals surface area contributed by atoms with E-state index in [1.54, 1.807) is 12.5 Å². The maximum absolute atomic E-state index is 3.92. The highest BCUT2D eigenvalue weighted by Gasteiger charge is 1.96. The number of rotatable bonds is 3. The Morgan fingerprint density at radius 2 is 2.60 bits per heavy atom. The zero-order valence-corrected chi connectivity index (χ0v) is 7.16. The third-order valence-electron chi connectivity index (χ3n) is 1.20. The molecule has 0 aliphatic carbocycles. The van der Waals surface area contributed by atoms with Crippen molar-refractivity contribution in [2.24, 2.45) is 0 Å². The molecule has 10 heavy (non-hydrogen) atoms. The molecule has 1 atom stereocenters. The van der Waals surface area contributed by atoms with Crippen molar-refractivity contribution in [1.29, 1.82) is 0 Å². The van der Waals surface area contributed by atoms with Gasteiger partial charge < -0.3 is 4.57 Å². The van der Waals surface area contributed by atoms with Crippen molar-refractivity contribution in [3.05, 3.63) is 31.4 Å². The topological polar surface area (TPSA) is 17.8 Å². The maximum Gasteiger partial charge on any atom is 0.0946 e. The predicted octanol–water partition coefficient (Wildman–Crippen LogP) is 1.83. The van der Waals surface area contributed by atoms with Crippen LogP contribution in [0.25, 0.3) is 0 Å². The van der Waals surface area contributed by atoms with Gasteiger partial charge in [-0.2, -0.15) is 0 Å². The second-order valence-corrected chi connectivity index (χ2v) is 3.19. The van der Waals surface area contributed by atoms with E-state index in [-0.39, 0.29) is 0 Å². The Hall–Kier alpha value is -0.570. The standard InChI is InChI=1S/C7H9BrN2/c1-2-7(8)5-10-4-3-9-6-10/h2-4,6-7H,1,5H2. The summed E-state index contributed by atoms with van der Waals surface area (Å²) in [5, 5.41) is 0. The van der Waals surface area contributed by atoms with Gasteiger partial charge in [0.1, 0.15) is 0 Å². The molecular weight excluding hydrogens is 192 g/mol. The second-order valence-electron chi connectivity index (χ2n) is 2.01. The molecule has 0 saturated heterocycles. The van der Waals surface area contributed by atoms with E-state index in [1.807, 2.05) is 16.8 Å². The molecule has 1 unspecified atom stereocenters. The Balaban J connectivity index is 2.47. The van der Waals surface area contributed by atoms with Gasteiger partial charge >= 0.3 is 0 Å². The summed E-state index contributed by atoms with van der Waals surface area (Å²) < 4.78 is 2.00.